The molecule has 1 aliphatic carbocycles. The van der Waals surface area contributed by atoms with Crippen molar-refractivity contribution < 1.29 is 22.7 Å². The number of carbonyl (C=O) groups is 2. The summed E-state index contributed by atoms with van der Waals surface area (Å²) in [5.74, 6) is -0.703. The molecule has 1 saturated heterocycles. The minimum Gasteiger partial charge on any atom is -0.452 e. The topological polar surface area (TPSA) is 92.8 Å². The van der Waals surface area contributed by atoms with E-state index in [1.54, 1.807) is 19.1 Å². The van der Waals surface area contributed by atoms with E-state index < -0.39 is 28.0 Å². The molecule has 31 heavy (non-hydrogen) atoms. The van der Waals surface area contributed by atoms with Gasteiger partial charge in [0.2, 0.25) is 10.0 Å². The van der Waals surface area contributed by atoms with Gasteiger partial charge in [0.05, 0.1) is 10.8 Å². The number of sulfonamides is 1. The second-order valence-electron chi connectivity index (χ2n) is 8.59. The van der Waals surface area contributed by atoms with Crippen molar-refractivity contribution in [3.05, 3.63) is 29.3 Å². The van der Waals surface area contributed by atoms with Gasteiger partial charge >= 0.3 is 5.97 Å². The van der Waals surface area contributed by atoms with Gasteiger partial charge in [0.1, 0.15) is 0 Å². The average Bonchev–Trinajstić information content (AvgIpc) is 2.75. The van der Waals surface area contributed by atoms with Crippen LogP contribution in [-0.2, 0) is 24.3 Å². The van der Waals surface area contributed by atoms with Crippen molar-refractivity contribution in [3.8, 4) is 0 Å². The van der Waals surface area contributed by atoms with Crippen LogP contribution in [0.1, 0.15) is 52.4 Å². The van der Waals surface area contributed by atoms with Crippen molar-refractivity contribution in [3.63, 3.8) is 0 Å². The number of piperidine rings is 1. The highest BCUT2D eigenvalue weighted by molar-refractivity contribution is 7.89. The molecule has 2 aliphatic rings. The summed E-state index contributed by atoms with van der Waals surface area (Å²) in [6, 6.07) is 6.17. The first-order valence-corrected chi connectivity index (χ1v) is 12.8. The van der Waals surface area contributed by atoms with Crippen LogP contribution in [0.2, 0.25) is 5.02 Å². The van der Waals surface area contributed by atoms with Gasteiger partial charge in [-0.15, -0.1) is 0 Å². The number of ether oxygens (including phenoxy) is 1. The molecule has 0 radical (unpaired) electrons. The lowest BCUT2D eigenvalue weighted by Crippen LogP contribution is -2.47. The van der Waals surface area contributed by atoms with Crippen LogP contribution >= 0.6 is 11.6 Å². The zero-order chi connectivity index (χ0) is 22.6. The number of esters is 1. The van der Waals surface area contributed by atoms with E-state index in [9.17, 15) is 18.0 Å². The molecule has 0 unspecified atom stereocenters. The predicted molar refractivity (Wildman–Crippen MR) is 118 cm³/mol. The lowest BCUT2D eigenvalue weighted by molar-refractivity contribution is -0.160. The minimum absolute atomic E-state index is 0.128. The van der Waals surface area contributed by atoms with Gasteiger partial charge in [0.25, 0.3) is 5.91 Å². The Morgan fingerprint density at radius 2 is 1.71 bits per heavy atom. The van der Waals surface area contributed by atoms with Gasteiger partial charge in [0.15, 0.2) is 6.10 Å². The van der Waals surface area contributed by atoms with E-state index in [0.29, 0.717) is 23.8 Å². The molecule has 1 aromatic rings. The highest BCUT2D eigenvalue weighted by Gasteiger charge is 2.34. The predicted octanol–water partition coefficient (Wildman–Crippen LogP) is 3.37. The van der Waals surface area contributed by atoms with Gasteiger partial charge in [-0.2, -0.15) is 4.31 Å². The molecule has 0 spiro atoms. The van der Waals surface area contributed by atoms with Gasteiger partial charge in [-0.1, -0.05) is 31.4 Å². The first kappa shape index (κ1) is 24.0. The van der Waals surface area contributed by atoms with Gasteiger partial charge in [-0.25, -0.2) is 8.42 Å². The molecule has 1 heterocycles. The molecular formula is C22H31ClN2O5S. The molecule has 9 heteroatoms. The van der Waals surface area contributed by atoms with Crippen molar-refractivity contribution in [2.45, 2.75) is 69.4 Å². The summed E-state index contributed by atoms with van der Waals surface area (Å²) in [5, 5.41) is 3.48. The molecule has 3 rings (SSSR count). The molecule has 7 nitrogen and oxygen atoms in total. The summed E-state index contributed by atoms with van der Waals surface area (Å²) in [6.07, 6.45) is 4.19. The van der Waals surface area contributed by atoms with E-state index in [1.807, 2.05) is 0 Å². The molecule has 0 bridgehead atoms. The molecule has 172 valence electrons. The second-order valence-corrected chi connectivity index (χ2v) is 11.0. The van der Waals surface area contributed by atoms with Crippen LogP contribution in [0, 0.1) is 11.8 Å². The maximum atomic E-state index is 12.8. The Labute approximate surface area is 189 Å². The Hall–Kier alpha value is -1.64. The fraction of sp³-hybridized carbons (Fsp3) is 0.636. The van der Waals surface area contributed by atoms with Crippen LogP contribution in [0.3, 0.4) is 0 Å². The van der Waals surface area contributed by atoms with Crippen LogP contribution in [0.25, 0.3) is 0 Å². The maximum absolute atomic E-state index is 12.8. The van der Waals surface area contributed by atoms with Crippen LogP contribution < -0.4 is 5.32 Å². The van der Waals surface area contributed by atoms with Crippen molar-refractivity contribution in [1.29, 1.82) is 0 Å². The number of halogens is 1. The lowest BCUT2D eigenvalue weighted by Gasteiger charge is -2.32. The zero-order valence-corrected chi connectivity index (χ0v) is 19.6. The van der Waals surface area contributed by atoms with E-state index in [-0.39, 0.29) is 29.9 Å². The molecule has 1 aromatic carbocycles. The second kappa shape index (κ2) is 10.3. The Morgan fingerprint density at radius 3 is 2.32 bits per heavy atom. The molecular weight excluding hydrogens is 440 g/mol. The van der Waals surface area contributed by atoms with Crippen molar-refractivity contribution in [2.24, 2.45) is 11.8 Å². The number of nitrogens with one attached hydrogen (secondary N) is 1. The summed E-state index contributed by atoms with van der Waals surface area (Å²) in [5.41, 5.74) is 0. The highest BCUT2D eigenvalue weighted by atomic mass is 35.5. The fourth-order valence-electron chi connectivity index (χ4n) is 4.24. The quantitative estimate of drug-likeness (QED) is 0.643. The van der Waals surface area contributed by atoms with Crippen molar-refractivity contribution in [2.75, 3.05) is 13.1 Å². The molecule has 1 aliphatic heterocycles. The SMILES string of the molecule is C[C@H](OC(=O)C1CCN(S(=O)(=O)c2ccc(Cl)cc2)CC1)C(=O)N[C@H]1CCCC[C@H]1C. The number of amides is 1. The van der Waals surface area contributed by atoms with E-state index in [2.05, 4.69) is 12.2 Å². The number of carbonyl (C=O) groups excluding carboxylic acids is 2. The van der Waals surface area contributed by atoms with E-state index in [1.165, 1.54) is 22.9 Å². The van der Waals surface area contributed by atoms with E-state index >= 15 is 0 Å². The maximum Gasteiger partial charge on any atom is 0.309 e. The smallest absolute Gasteiger partial charge is 0.309 e. The normalized spacial score (nSPS) is 24.4. The van der Waals surface area contributed by atoms with Gasteiger partial charge in [-0.05, 0) is 62.8 Å². The summed E-state index contributed by atoms with van der Waals surface area (Å²) >= 11 is 5.84. The minimum atomic E-state index is -3.63. The number of hydrogen-bond donors (Lipinski definition) is 1. The third-order valence-electron chi connectivity index (χ3n) is 6.34. The number of benzene rings is 1. The number of nitrogens with zero attached hydrogens (tertiary/aromatic N) is 1. The van der Waals surface area contributed by atoms with Crippen LogP contribution in [0.15, 0.2) is 29.2 Å². The Bertz CT molecular complexity index is 882. The summed E-state index contributed by atoms with van der Waals surface area (Å²) in [4.78, 5) is 25.2. The highest BCUT2D eigenvalue weighted by Crippen LogP contribution is 2.26. The molecule has 2 fully saturated rings. The van der Waals surface area contributed by atoms with Crippen molar-refractivity contribution in [1.82, 2.24) is 9.62 Å². The largest absolute Gasteiger partial charge is 0.452 e. The van der Waals surface area contributed by atoms with Crippen LogP contribution in [-0.4, -0.2) is 49.8 Å². The van der Waals surface area contributed by atoms with Crippen LogP contribution in [0.4, 0.5) is 0 Å². The first-order chi connectivity index (χ1) is 14.7. The van der Waals surface area contributed by atoms with Gasteiger partial charge in [0, 0.05) is 24.2 Å². The zero-order valence-electron chi connectivity index (χ0n) is 18.1. The molecule has 1 N–H and O–H groups in total. The standard InChI is InChI=1S/C22H31ClN2O5S/c1-15-5-3-4-6-20(15)24-21(26)16(2)30-22(27)17-11-13-25(14-12-17)31(28,29)19-9-7-18(23)8-10-19/h7-10,15-17,20H,3-6,11-14H2,1-2H3,(H,24,26)/t15-,16+,20+/m1/s1. The molecule has 3 atom stereocenters. The monoisotopic (exact) mass is 470 g/mol. The van der Waals surface area contributed by atoms with E-state index in [0.717, 1.165) is 19.3 Å². The summed E-state index contributed by atoms with van der Waals surface area (Å²) in [6.45, 7) is 4.17. The Balaban J connectivity index is 1.49. The Kier molecular flexibility index (Phi) is 7.99. The van der Waals surface area contributed by atoms with E-state index in [4.69, 9.17) is 16.3 Å². The average molecular weight is 471 g/mol. The summed E-state index contributed by atoms with van der Waals surface area (Å²) in [7, 11) is -3.63. The van der Waals surface area contributed by atoms with Gasteiger partial charge in [-0.3, -0.25) is 9.59 Å². The molecule has 1 amide bonds. The number of rotatable bonds is 6. The first-order valence-electron chi connectivity index (χ1n) is 10.9. The van der Waals surface area contributed by atoms with Crippen LogP contribution in [0.5, 0.6) is 0 Å². The van der Waals surface area contributed by atoms with Gasteiger partial charge < -0.3 is 10.1 Å². The molecule has 1 saturated carbocycles. The summed E-state index contributed by atoms with van der Waals surface area (Å²) < 4.78 is 32.3. The lowest BCUT2D eigenvalue weighted by atomic mass is 9.86. The third kappa shape index (κ3) is 5.99. The third-order valence-corrected chi connectivity index (χ3v) is 8.50. The Morgan fingerprint density at radius 1 is 1.10 bits per heavy atom. The number of hydrogen-bond acceptors (Lipinski definition) is 5. The fourth-order valence-corrected chi connectivity index (χ4v) is 5.84. The van der Waals surface area contributed by atoms with Crippen molar-refractivity contribution >= 4 is 33.5 Å². The molecule has 0 aromatic heterocycles.